The van der Waals surface area contributed by atoms with Crippen LogP contribution >= 0.6 is 11.3 Å². The zero-order valence-electron chi connectivity index (χ0n) is 11.5. The molecule has 2 nitrogen and oxygen atoms in total. The highest BCUT2D eigenvalue weighted by Crippen LogP contribution is 2.19. The van der Waals surface area contributed by atoms with Crippen molar-refractivity contribution in [3.8, 4) is 0 Å². The monoisotopic (exact) mass is 293 g/mol. The summed E-state index contributed by atoms with van der Waals surface area (Å²) >= 11 is 1.64. The zero-order chi connectivity index (χ0) is 14.5. The van der Waals surface area contributed by atoms with Crippen molar-refractivity contribution in [3.63, 3.8) is 0 Å². The Morgan fingerprint density at radius 2 is 1.90 bits per heavy atom. The van der Waals surface area contributed by atoms with Gasteiger partial charge in [-0.25, -0.2) is 0 Å². The van der Waals surface area contributed by atoms with E-state index >= 15 is 0 Å². The third kappa shape index (κ3) is 3.38. The van der Waals surface area contributed by atoms with E-state index in [1.54, 1.807) is 17.4 Å². The largest absolute Gasteiger partial charge is 0.348 e. The van der Waals surface area contributed by atoms with Crippen molar-refractivity contribution < 1.29 is 4.79 Å². The van der Waals surface area contributed by atoms with Crippen LogP contribution in [0.1, 0.15) is 10.4 Å². The average Bonchev–Trinajstić information content (AvgIpc) is 3.04. The topological polar surface area (TPSA) is 29.1 Å². The average molecular weight is 293 g/mol. The van der Waals surface area contributed by atoms with Crippen LogP contribution < -0.4 is 5.32 Å². The summed E-state index contributed by atoms with van der Waals surface area (Å²) in [5, 5.41) is 7.23. The number of benzene rings is 2. The highest BCUT2D eigenvalue weighted by atomic mass is 32.1. The van der Waals surface area contributed by atoms with E-state index < -0.39 is 0 Å². The summed E-state index contributed by atoms with van der Waals surface area (Å²) in [6, 6.07) is 18.3. The molecule has 0 bridgehead atoms. The number of hydrogen-bond donors (Lipinski definition) is 1. The molecular weight excluding hydrogens is 278 g/mol. The fourth-order valence-electron chi connectivity index (χ4n) is 2.21. The second-order valence-corrected chi connectivity index (χ2v) is 5.73. The Kier molecular flexibility index (Phi) is 4.12. The lowest BCUT2D eigenvalue weighted by Crippen LogP contribution is -2.19. The third-order valence-corrected chi connectivity index (χ3v) is 4.13. The standard InChI is InChI=1S/C18H15NOS/c20-18(19-13-16-8-4-12-21-16)11-10-15-7-3-6-14-5-1-2-9-17(14)15/h1-12H,13H2,(H,19,20)/b11-10+. The van der Waals surface area contributed by atoms with Gasteiger partial charge in [0, 0.05) is 11.0 Å². The van der Waals surface area contributed by atoms with Gasteiger partial charge in [-0.2, -0.15) is 0 Å². The molecule has 0 fully saturated rings. The molecule has 0 saturated carbocycles. The Bertz CT molecular complexity index is 770. The smallest absolute Gasteiger partial charge is 0.244 e. The molecule has 0 atom stereocenters. The molecule has 1 aromatic heterocycles. The molecule has 0 unspecified atom stereocenters. The van der Waals surface area contributed by atoms with Crippen LogP contribution in [-0.4, -0.2) is 5.91 Å². The van der Waals surface area contributed by atoms with Crippen LogP contribution in [0.2, 0.25) is 0 Å². The van der Waals surface area contributed by atoms with Crippen LogP contribution in [0.4, 0.5) is 0 Å². The van der Waals surface area contributed by atoms with E-state index in [2.05, 4.69) is 23.5 Å². The van der Waals surface area contributed by atoms with Crippen molar-refractivity contribution in [1.82, 2.24) is 5.32 Å². The van der Waals surface area contributed by atoms with Gasteiger partial charge in [-0.15, -0.1) is 11.3 Å². The molecule has 21 heavy (non-hydrogen) atoms. The third-order valence-electron chi connectivity index (χ3n) is 3.25. The van der Waals surface area contributed by atoms with Gasteiger partial charge < -0.3 is 5.32 Å². The molecule has 104 valence electrons. The highest BCUT2D eigenvalue weighted by Gasteiger charge is 1.99. The van der Waals surface area contributed by atoms with Gasteiger partial charge in [0.25, 0.3) is 0 Å². The maximum atomic E-state index is 11.9. The minimum absolute atomic E-state index is 0.0728. The molecule has 2 aromatic carbocycles. The molecule has 1 amide bonds. The van der Waals surface area contributed by atoms with E-state index in [0.29, 0.717) is 6.54 Å². The molecular formula is C18H15NOS. The van der Waals surface area contributed by atoms with Crippen molar-refractivity contribution in [2.75, 3.05) is 0 Å². The van der Waals surface area contributed by atoms with E-state index in [0.717, 1.165) is 15.8 Å². The second kappa shape index (κ2) is 6.37. The van der Waals surface area contributed by atoms with Crippen LogP contribution in [0.25, 0.3) is 16.8 Å². The summed E-state index contributed by atoms with van der Waals surface area (Å²) in [5.41, 5.74) is 1.05. The van der Waals surface area contributed by atoms with Crippen LogP contribution in [0.3, 0.4) is 0 Å². The van der Waals surface area contributed by atoms with E-state index in [1.165, 1.54) is 5.39 Å². The van der Waals surface area contributed by atoms with Gasteiger partial charge >= 0.3 is 0 Å². The summed E-state index contributed by atoms with van der Waals surface area (Å²) in [7, 11) is 0. The fraction of sp³-hybridized carbons (Fsp3) is 0.0556. The fourth-order valence-corrected chi connectivity index (χ4v) is 2.85. The lowest BCUT2D eigenvalue weighted by atomic mass is 10.0. The molecule has 3 heteroatoms. The number of nitrogens with one attached hydrogen (secondary N) is 1. The van der Waals surface area contributed by atoms with Crippen LogP contribution in [0.5, 0.6) is 0 Å². The lowest BCUT2D eigenvalue weighted by Gasteiger charge is -2.02. The zero-order valence-corrected chi connectivity index (χ0v) is 12.3. The number of amides is 1. The van der Waals surface area contributed by atoms with E-state index in [4.69, 9.17) is 0 Å². The molecule has 3 aromatic rings. The minimum Gasteiger partial charge on any atom is -0.348 e. The predicted molar refractivity (Wildman–Crippen MR) is 89.1 cm³/mol. The number of carbonyl (C=O) groups is 1. The number of thiophene rings is 1. The number of carbonyl (C=O) groups excluding carboxylic acids is 1. The molecule has 0 saturated heterocycles. The Morgan fingerprint density at radius 3 is 2.76 bits per heavy atom. The number of fused-ring (bicyclic) bond motifs is 1. The normalized spacial score (nSPS) is 11.0. The van der Waals surface area contributed by atoms with Crippen LogP contribution in [0, 0.1) is 0 Å². The second-order valence-electron chi connectivity index (χ2n) is 4.70. The van der Waals surface area contributed by atoms with Crippen LogP contribution in [-0.2, 0) is 11.3 Å². The van der Waals surface area contributed by atoms with E-state index in [-0.39, 0.29) is 5.91 Å². The first-order chi connectivity index (χ1) is 10.3. The molecule has 0 aliphatic carbocycles. The van der Waals surface area contributed by atoms with Gasteiger partial charge in [0.2, 0.25) is 5.91 Å². The maximum Gasteiger partial charge on any atom is 0.244 e. The SMILES string of the molecule is O=C(/C=C/c1cccc2ccccc12)NCc1cccs1. The first-order valence-electron chi connectivity index (χ1n) is 6.79. The molecule has 1 N–H and O–H groups in total. The Balaban J connectivity index is 1.71. The van der Waals surface area contributed by atoms with Crippen molar-refractivity contribution in [2.45, 2.75) is 6.54 Å². The first-order valence-corrected chi connectivity index (χ1v) is 7.67. The summed E-state index contributed by atoms with van der Waals surface area (Å²) in [5.74, 6) is -0.0728. The van der Waals surface area contributed by atoms with Crippen molar-refractivity contribution >= 4 is 34.1 Å². The molecule has 3 rings (SSSR count). The van der Waals surface area contributed by atoms with Gasteiger partial charge in [0.15, 0.2) is 0 Å². The highest BCUT2D eigenvalue weighted by molar-refractivity contribution is 7.09. The Morgan fingerprint density at radius 1 is 1.05 bits per heavy atom. The van der Waals surface area contributed by atoms with Crippen molar-refractivity contribution in [2.24, 2.45) is 0 Å². The Hall–Kier alpha value is -2.39. The maximum absolute atomic E-state index is 11.9. The molecule has 0 radical (unpaired) electrons. The summed E-state index contributed by atoms with van der Waals surface area (Å²) in [4.78, 5) is 13.0. The van der Waals surface area contributed by atoms with Gasteiger partial charge in [0.05, 0.1) is 6.54 Å². The number of hydrogen-bond acceptors (Lipinski definition) is 2. The minimum atomic E-state index is -0.0728. The van der Waals surface area contributed by atoms with Crippen LogP contribution in [0.15, 0.2) is 66.1 Å². The summed E-state index contributed by atoms with van der Waals surface area (Å²) in [6.45, 7) is 0.580. The summed E-state index contributed by atoms with van der Waals surface area (Å²) < 4.78 is 0. The van der Waals surface area contributed by atoms with Gasteiger partial charge in [-0.3, -0.25) is 4.79 Å². The quantitative estimate of drug-likeness (QED) is 0.717. The Labute approximate surface area is 127 Å². The molecule has 1 heterocycles. The van der Waals surface area contributed by atoms with Gasteiger partial charge in [-0.05, 0) is 33.9 Å². The van der Waals surface area contributed by atoms with Crippen molar-refractivity contribution in [1.29, 1.82) is 0 Å². The van der Waals surface area contributed by atoms with E-state index in [9.17, 15) is 4.79 Å². The lowest BCUT2D eigenvalue weighted by molar-refractivity contribution is -0.116. The molecule has 0 aliphatic rings. The predicted octanol–water partition coefficient (Wildman–Crippen LogP) is 4.23. The molecule has 0 aliphatic heterocycles. The van der Waals surface area contributed by atoms with Gasteiger partial charge in [-0.1, -0.05) is 48.5 Å². The summed E-state index contributed by atoms with van der Waals surface area (Å²) in [6.07, 6.45) is 3.46. The first kappa shape index (κ1) is 13.6. The molecule has 0 spiro atoms. The van der Waals surface area contributed by atoms with Crippen molar-refractivity contribution in [3.05, 3.63) is 76.5 Å². The van der Waals surface area contributed by atoms with Gasteiger partial charge in [0.1, 0.15) is 0 Å². The van der Waals surface area contributed by atoms with E-state index in [1.807, 2.05) is 47.9 Å². The number of rotatable bonds is 4.